The lowest BCUT2D eigenvalue weighted by atomic mass is 10.2. The summed E-state index contributed by atoms with van der Waals surface area (Å²) in [4.78, 5) is 26.1. The maximum absolute atomic E-state index is 11.8. The first-order valence-electron chi connectivity index (χ1n) is 7.06. The van der Waals surface area contributed by atoms with E-state index in [1.165, 1.54) is 0 Å². The summed E-state index contributed by atoms with van der Waals surface area (Å²) in [6, 6.07) is 0. The Morgan fingerprint density at radius 3 is 2.55 bits per heavy atom. The highest BCUT2D eigenvalue weighted by Gasteiger charge is 2.24. The van der Waals surface area contributed by atoms with Crippen molar-refractivity contribution in [2.75, 3.05) is 52.5 Å². The van der Waals surface area contributed by atoms with Gasteiger partial charge in [0.1, 0.15) is 13.2 Å². The van der Waals surface area contributed by atoms with Crippen LogP contribution in [0.25, 0.3) is 0 Å². The van der Waals surface area contributed by atoms with Gasteiger partial charge in [0.15, 0.2) is 0 Å². The van der Waals surface area contributed by atoms with Crippen molar-refractivity contribution in [3.8, 4) is 0 Å². The molecule has 0 aromatic heterocycles. The summed E-state index contributed by atoms with van der Waals surface area (Å²) in [5.41, 5.74) is 0. The second-order valence-electron chi connectivity index (χ2n) is 5.20. The molecule has 0 radical (unpaired) electrons. The van der Waals surface area contributed by atoms with Gasteiger partial charge in [-0.1, -0.05) is 0 Å². The zero-order chi connectivity index (χ0) is 14.4. The number of piperazine rings is 1. The Balaban J connectivity index is 1.62. The van der Waals surface area contributed by atoms with Gasteiger partial charge in [-0.25, -0.2) is 4.79 Å². The molecule has 1 amide bonds. The van der Waals surface area contributed by atoms with Crippen LogP contribution in [0, 0.1) is 0 Å². The van der Waals surface area contributed by atoms with Gasteiger partial charge in [0, 0.05) is 39.3 Å². The molecule has 1 N–H and O–H groups in total. The molecule has 2 fully saturated rings. The lowest BCUT2D eigenvalue weighted by molar-refractivity contribution is -0.146. The molecular formula is C13H22N2O5. The van der Waals surface area contributed by atoms with Gasteiger partial charge in [-0.3, -0.25) is 9.69 Å². The highest BCUT2D eigenvalue weighted by atomic mass is 16.5. The van der Waals surface area contributed by atoms with Crippen LogP contribution in [0.3, 0.4) is 0 Å². The molecule has 7 nitrogen and oxygen atoms in total. The van der Waals surface area contributed by atoms with E-state index in [4.69, 9.17) is 14.6 Å². The predicted octanol–water partition coefficient (Wildman–Crippen LogP) is -0.589. The van der Waals surface area contributed by atoms with E-state index in [0.717, 1.165) is 39.1 Å². The van der Waals surface area contributed by atoms with E-state index >= 15 is 0 Å². The number of carbonyl (C=O) groups is 2. The molecule has 1 atom stereocenters. The lowest BCUT2D eigenvalue weighted by Gasteiger charge is -2.35. The van der Waals surface area contributed by atoms with Gasteiger partial charge in [0.25, 0.3) is 0 Å². The minimum Gasteiger partial charge on any atom is -0.480 e. The van der Waals surface area contributed by atoms with Crippen LogP contribution in [0.4, 0.5) is 0 Å². The van der Waals surface area contributed by atoms with E-state index in [1.54, 1.807) is 4.90 Å². The van der Waals surface area contributed by atoms with Crippen molar-refractivity contribution in [3.05, 3.63) is 0 Å². The number of nitrogens with zero attached hydrogens (tertiary/aromatic N) is 2. The van der Waals surface area contributed by atoms with Gasteiger partial charge in [-0.05, 0) is 12.8 Å². The summed E-state index contributed by atoms with van der Waals surface area (Å²) in [7, 11) is 0. The number of amides is 1. The van der Waals surface area contributed by atoms with E-state index in [0.29, 0.717) is 19.2 Å². The summed E-state index contributed by atoms with van der Waals surface area (Å²) in [5.74, 6) is -1.19. The van der Waals surface area contributed by atoms with Gasteiger partial charge in [-0.15, -0.1) is 0 Å². The Morgan fingerprint density at radius 2 is 1.95 bits per heavy atom. The highest BCUT2D eigenvalue weighted by molar-refractivity contribution is 5.78. The minimum atomic E-state index is -1.06. The van der Waals surface area contributed by atoms with E-state index in [2.05, 4.69) is 4.90 Å². The largest absolute Gasteiger partial charge is 0.480 e. The molecule has 0 saturated carbocycles. The molecule has 0 aromatic rings. The summed E-state index contributed by atoms with van der Waals surface area (Å²) in [5, 5.41) is 8.44. The van der Waals surface area contributed by atoms with Gasteiger partial charge in [0.05, 0.1) is 6.10 Å². The monoisotopic (exact) mass is 286 g/mol. The van der Waals surface area contributed by atoms with Crippen LogP contribution in [0.2, 0.25) is 0 Å². The maximum atomic E-state index is 11.8. The van der Waals surface area contributed by atoms with Crippen LogP contribution in [-0.4, -0.2) is 85.4 Å². The molecule has 2 aliphatic heterocycles. The molecule has 0 aliphatic carbocycles. The second kappa shape index (κ2) is 7.56. The SMILES string of the molecule is O=C(O)COCC(=O)N1CCN(CC2CCCO2)CC1. The number of carbonyl (C=O) groups excluding carboxylic acids is 1. The molecule has 0 bridgehead atoms. The van der Waals surface area contributed by atoms with Crippen molar-refractivity contribution >= 4 is 11.9 Å². The number of ether oxygens (including phenoxy) is 2. The molecule has 2 aliphatic rings. The minimum absolute atomic E-state index is 0.136. The Morgan fingerprint density at radius 1 is 1.20 bits per heavy atom. The number of rotatable bonds is 6. The first-order chi connectivity index (χ1) is 9.65. The highest BCUT2D eigenvalue weighted by Crippen LogP contribution is 2.14. The fourth-order valence-electron chi connectivity index (χ4n) is 2.57. The molecule has 20 heavy (non-hydrogen) atoms. The normalized spacial score (nSPS) is 24.0. The van der Waals surface area contributed by atoms with E-state index < -0.39 is 12.6 Å². The first kappa shape index (κ1) is 15.2. The Hall–Kier alpha value is -1.18. The standard InChI is InChI=1S/C13H22N2O5/c16-12(9-19-10-13(17)18)15-5-3-14(4-6-15)8-11-2-1-7-20-11/h11H,1-10H2,(H,17,18). The van der Waals surface area contributed by atoms with Crippen LogP contribution >= 0.6 is 0 Å². The van der Waals surface area contributed by atoms with Crippen molar-refractivity contribution in [2.45, 2.75) is 18.9 Å². The van der Waals surface area contributed by atoms with Crippen molar-refractivity contribution in [1.29, 1.82) is 0 Å². The summed E-state index contributed by atoms with van der Waals surface area (Å²) in [6.45, 7) is 4.24. The molecule has 7 heteroatoms. The molecule has 2 rings (SSSR count). The van der Waals surface area contributed by atoms with Crippen molar-refractivity contribution in [1.82, 2.24) is 9.80 Å². The second-order valence-corrected chi connectivity index (χ2v) is 5.20. The average Bonchev–Trinajstić information content (AvgIpc) is 2.92. The fourth-order valence-corrected chi connectivity index (χ4v) is 2.57. The summed E-state index contributed by atoms with van der Waals surface area (Å²) in [6.07, 6.45) is 2.61. The van der Waals surface area contributed by atoms with Crippen molar-refractivity contribution in [3.63, 3.8) is 0 Å². The number of hydrogen-bond acceptors (Lipinski definition) is 5. The van der Waals surface area contributed by atoms with Crippen LogP contribution in [0.1, 0.15) is 12.8 Å². The first-order valence-corrected chi connectivity index (χ1v) is 7.06. The molecule has 0 spiro atoms. The average molecular weight is 286 g/mol. The van der Waals surface area contributed by atoms with Crippen molar-refractivity contribution < 1.29 is 24.2 Å². The maximum Gasteiger partial charge on any atom is 0.329 e. The van der Waals surface area contributed by atoms with Crippen LogP contribution in [0.5, 0.6) is 0 Å². The van der Waals surface area contributed by atoms with E-state index in [-0.39, 0.29) is 12.5 Å². The summed E-state index contributed by atoms with van der Waals surface area (Å²) >= 11 is 0. The predicted molar refractivity (Wildman–Crippen MR) is 70.4 cm³/mol. The smallest absolute Gasteiger partial charge is 0.329 e. The Labute approximate surface area is 118 Å². The molecule has 0 aromatic carbocycles. The van der Waals surface area contributed by atoms with Crippen LogP contribution < -0.4 is 0 Å². The third-order valence-corrected chi connectivity index (χ3v) is 3.66. The number of hydrogen-bond donors (Lipinski definition) is 1. The van der Waals surface area contributed by atoms with Gasteiger partial charge < -0.3 is 19.5 Å². The molecule has 114 valence electrons. The number of carboxylic acid groups (broad SMARTS) is 1. The number of carboxylic acids is 1. The third-order valence-electron chi connectivity index (χ3n) is 3.66. The zero-order valence-corrected chi connectivity index (χ0v) is 11.6. The molecule has 2 saturated heterocycles. The number of aliphatic carboxylic acids is 1. The molecule has 2 heterocycles. The topological polar surface area (TPSA) is 79.3 Å². The summed E-state index contributed by atoms with van der Waals surface area (Å²) < 4.78 is 10.4. The third kappa shape index (κ3) is 4.73. The van der Waals surface area contributed by atoms with Gasteiger partial charge in [0.2, 0.25) is 5.91 Å². The molecule has 1 unspecified atom stereocenters. The zero-order valence-electron chi connectivity index (χ0n) is 11.6. The quantitative estimate of drug-likeness (QED) is 0.703. The van der Waals surface area contributed by atoms with Crippen molar-refractivity contribution in [2.24, 2.45) is 0 Å². The lowest BCUT2D eigenvalue weighted by Crippen LogP contribution is -2.51. The molecular weight excluding hydrogens is 264 g/mol. The Bertz CT molecular complexity index is 336. The van der Waals surface area contributed by atoms with E-state index in [9.17, 15) is 9.59 Å². The fraction of sp³-hybridized carbons (Fsp3) is 0.846. The van der Waals surface area contributed by atoms with Crippen LogP contribution in [0.15, 0.2) is 0 Å². The van der Waals surface area contributed by atoms with Crippen LogP contribution in [-0.2, 0) is 19.1 Å². The van der Waals surface area contributed by atoms with Gasteiger partial charge in [-0.2, -0.15) is 0 Å². The van der Waals surface area contributed by atoms with E-state index in [1.807, 2.05) is 0 Å². The van der Waals surface area contributed by atoms with Gasteiger partial charge >= 0.3 is 5.97 Å². The Kier molecular flexibility index (Phi) is 5.75.